The minimum Gasteiger partial charge on any atom is -0.481 e. The van der Waals surface area contributed by atoms with Gasteiger partial charge in [0.1, 0.15) is 0 Å². The third-order valence-electron chi connectivity index (χ3n) is 1.11. The molecular formula is C9H18O4. The lowest BCUT2D eigenvalue weighted by molar-refractivity contribution is -0.145. The van der Waals surface area contributed by atoms with E-state index in [1.54, 1.807) is 20.8 Å². The molecule has 0 aliphatic carbocycles. The molecule has 0 atom stereocenters. The van der Waals surface area contributed by atoms with Gasteiger partial charge in [0.05, 0.1) is 5.41 Å². The number of carboxylic acids is 2. The van der Waals surface area contributed by atoms with E-state index in [-0.39, 0.29) is 0 Å². The van der Waals surface area contributed by atoms with Gasteiger partial charge in [-0.05, 0) is 27.2 Å². The van der Waals surface area contributed by atoms with E-state index in [9.17, 15) is 9.59 Å². The number of aliphatic carboxylic acids is 2. The molecule has 0 unspecified atom stereocenters. The average Bonchev–Trinajstić information content (AvgIpc) is 1.85. The van der Waals surface area contributed by atoms with Crippen molar-refractivity contribution in [2.24, 2.45) is 5.41 Å². The average molecular weight is 190 g/mol. The summed E-state index contributed by atoms with van der Waals surface area (Å²) in [4.78, 5) is 19.6. The van der Waals surface area contributed by atoms with Gasteiger partial charge in [0.25, 0.3) is 0 Å². The second-order valence-corrected chi connectivity index (χ2v) is 3.70. The highest BCUT2D eigenvalue weighted by Gasteiger charge is 2.18. The molecule has 0 bridgehead atoms. The Kier molecular flexibility index (Phi) is 7.18. The Morgan fingerprint density at radius 1 is 1.15 bits per heavy atom. The van der Waals surface area contributed by atoms with Gasteiger partial charge in [-0.1, -0.05) is 6.92 Å². The summed E-state index contributed by atoms with van der Waals surface area (Å²) in [5.74, 6) is -1.47. The zero-order chi connectivity index (χ0) is 11.1. The molecule has 0 fully saturated rings. The molecule has 0 aliphatic rings. The van der Waals surface area contributed by atoms with Gasteiger partial charge >= 0.3 is 11.9 Å². The topological polar surface area (TPSA) is 74.6 Å². The van der Waals surface area contributed by atoms with Crippen LogP contribution in [0.5, 0.6) is 0 Å². The van der Waals surface area contributed by atoms with Gasteiger partial charge in [-0.3, -0.25) is 9.59 Å². The second kappa shape index (κ2) is 6.46. The van der Waals surface area contributed by atoms with Crippen LogP contribution in [0.4, 0.5) is 0 Å². The number of hydrogen-bond acceptors (Lipinski definition) is 2. The lowest BCUT2D eigenvalue weighted by Crippen LogP contribution is -2.18. The van der Waals surface area contributed by atoms with Gasteiger partial charge in [-0.2, -0.15) is 0 Å². The molecule has 0 rings (SSSR count). The van der Waals surface area contributed by atoms with Crippen LogP contribution in [-0.2, 0) is 9.59 Å². The van der Waals surface area contributed by atoms with Crippen molar-refractivity contribution in [2.75, 3.05) is 0 Å². The predicted molar refractivity (Wildman–Crippen MR) is 49.6 cm³/mol. The maximum absolute atomic E-state index is 10.0. The molecule has 0 saturated heterocycles. The number of carbonyl (C=O) groups is 2. The Morgan fingerprint density at radius 2 is 1.46 bits per heavy atom. The van der Waals surface area contributed by atoms with Crippen molar-refractivity contribution in [3.8, 4) is 0 Å². The number of rotatable bonds is 2. The molecule has 0 spiro atoms. The first-order chi connectivity index (χ1) is 5.71. The van der Waals surface area contributed by atoms with Crippen LogP contribution in [-0.4, -0.2) is 22.2 Å². The Labute approximate surface area is 78.6 Å². The summed E-state index contributed by atoms with van der Waals surface area (Å²) in [6.07, 6.45) is 1.02. The fraction of sp³-hybridized carbons (Fsp3) is 0.778. The summed E-state index contributed by atoms with van der Waals surface area (Å²) in [5.41, 5.74) is -0.583. The first-order valence-electron chi connectivity index (χ1n) is 4.17. The fourth-order valence-electron chi connectivity index (χ4n) is 0.214. The summed E-state index contributed by atoms with van der Waals surface area (Å²) < 4.78 is 0. The van der Waals surface area contributed by atoms with Gasteiger partial charge in [-0.15, -0.1) is 0 Å². The van der Waals surface area contributed by atoms with E-state index < -0.39 is 17.4 Å². The summed E-state index contributed by atoms with van der Waals surface area (Å²) in [6, 6.07) is 0. The van der Waals surface area contributed by atoms with Crippen LogP contribution in [0.25, 0.3) is 0 Å². The lowest BCUT2D eigenvalue weighted by Gasteiger charge is -2.08. The molecule has 0 aliphatic heterocycles. The zero-order valence-corrected chi connectivity index (χ0v) is 8.63. The molecule has 0 radical (unpaired) electrons. The highest BCUT2D eigenvalue weighted by Crippen LogP contribution is 2.11. The van der Waals surface area contributed by atoms with Crippen molar-refractivity contribution in [1.29, 1.82) is 0 Å². The lowest BCUT2D eigenvalue weighted by atomic mass is 9.98. The van der Waals surface area contributed by atoms with E-state index in [0.717, 1.165) is 6.42 Å². The van der Waals surface area contributed by atoms with E-state index >= 15 is 0 Å². The van der Waals surface area contributed by atoms with Crippen molar-refractivity contribution < 1.29 is 19.8 Å². The fourth-order valence-corrected chi connectivity index (χ4v) is 0.214. The Balaban J connectivity index is 0. The molecule has 4 nitrogen and oxygen atoms in total. The van der Waals surface area contributed by atoms with Crippen LogP contribution in [0.3, 0.4) is 0 Å². The molecule has 4 heteroatoms. The molecule has 0 aromatic rings. The van der Waals surface area contributed by atoms with Crippen LogP contribution in [0.1, 0.15) is 40.5 Å². The molecule has 0 saturated carbocycles. The first-order valence-corrected chi connectivity index (χ1v) is 4.17. The maximum Gasteiger partial charge on any atom is 0.308 e. The minimum atomic E-state index is -0.757. The maximum atomic E-state index is 10.0. The molecule has 0 aromatic carbocycles. The third kappa shape index (κ3) is 13.9. The van der Waals surface area contributed by atoms with Crippen LogP contribution < -0.4 is 0 Å². The van der Waals surface area contributed by atoms with Gasteiger partial charge in [0.15, 0.2) is 0 Å². The van der Waals surface area contributed by atoms with E-state index in [4.69, 9.17) is 10.2 Å². The van der Waals surface area contributed by atoms with Crippen LogP contribution in [0.15, 0.2) is 0 Å². The van der Waals surface area contributed by atoms with Gasteiger partial charge < -0.3 is 10.2 Å². The molecule has 2 N–H and O–H groups in total. The van der Waals surface area contributed by atoms with E-state index in [2.05, 4.69) is 0 Å². The zero-order valence-electron chi connectivity index (χ0n) is 8.63. The minimum absolute atomic E-state index is 0.292. The normalized spacial score (nSPS) is 9.85. The Morgan fingerprint density at radius 3 is 1.46 bits per heavy atom. The largest absolute Gasteiger partial charge is 0.481 e. The highest BCUT2D eigenvalue weighted by molar-refractivity contribution is 5.72. The molecule has 0 heterocycles. The van der Waals surface area contributed by atoms with Crippen LogP contribution in [0.2, 0.25) is 0 Å². The van der Waals surface area contributed by atoms with E-state index in [1.165, 1.54) is 0 Å². The smallest absolute Gasteiger partial charge is 0.308 e. The van der Waals surface area contributed by atoms with Crippen molar-refractivity contribution in [3.63, 3.8) is 0 Å². The molecule has 13 heavy (non-hydrogen) atoms. The standard InChI is InChI=1S/C5H10O2.C4H8O2/c1-5(2,3)4(6)7;1-2-3-4(5)6/h1-3H3,(H,6,7);2-3H2,1H3,(H,5,6). The predicted octanol–water partition coefficient (Wildman–Crippen LogP) is 1.99. The van der Waals surface area contributed by atoms with Crippen molar-refractivity contribution in [1.82, 2.24) is 0 Å². The SMILES string of the molecule is CC(C)(C)C(=O)O.CCCC(=O)O. The molecule has 0 amide bonds. The Bertz CT molecular complexity index is 167. The molecule has 0 aromatic heterocycles. The van der Waals surface area contributed by atoms with Gasteiger partial charge in [-0.25, -0.2) is 0 Å². The summed E-state index contributed by atoms with van der Waals surface area (Å²) in [6.45, 7) is 6.83. The van der Waals surface area contributed by atoms with E-state index in [1.807, 2.05) is 6.92 Å². The summed E-state index contributed by atoms with van der Waals surface area (Å²) in [5, 5.41) is 16.2. The van der Waals surface area contributed by atoms with Gasteiger partial charge in [0, 0.05) is 6.42 Å². The van der Waals surface area contributed by atoms with E-state index in [0.29, 0.717) is 6.42 Å². The molecule has 78 valence electrons. The first kappa shape index (κ1) is 14.5. The van der Waals surface area contributed by atoms with Crippen LogP contribution in [0, 0.1) is 5.41 Å². The Hall–Kier alpha value is -1.06. The van der Waals surface area contributed by atoms with Gasteiger partial charge in [0.2, 0.25) is 0 Å². The van der Waals surface area contributed by atoms with Crippen LogP contribution >= 0.6 is 0 Å². The monoisotopic (exact) mass is 190 g/mol. The molecular weight excluding hydrogens is 172 g/mol. The summed E-state index contributed by atoms with van der Waals surface area (Å²) >= 11 is 0. The second-order valence-electron chi connectivity index (χ2n) is 3.70. The number of hydrogen-bond donors (Lipinski definition) is 2. The quantitative estimate of drug-likeness (QED) is 0.698. The van der Waals surface area contributed by atoms with Crippen molar-refractivity contribution in [3.05, 3.63) is 0 Å². The highest BCUT2D eigenvalue weighted by atomic mass is 16.4. The third-order valence-corrected chi connectivity index (χ3v) is 1.11. The number of carboxylic acid groups (broad SMARTS) is 2. The van der Waals surface area contributed by atoms with Crippen molar-refractivity contribution >= 4 is 11.9 Å². The summed E-state index contributed by atoms with van der Waals surface area (Å²) in [7, 11) is 0. The van der Waals surface area contributed by atoms with Crippen molar-refractivity contribution in [2.45, 2.75) is 40.5 Å².